The van der Waals surface area contributed by atoms with Gasteiger partial charge < -0.3 is 15.0 Å². The maximum atomic E-state index is 12.5. The van der Waals surface area contributed by atoms with E-state index in [1.54, 1.807) is 6.92 Å². The van der Waals surface area contributed by atoms with Crippen LogP contribution in [0.3, 0.4) is 0 Å². The Kier molecular flexibility index (Phi) is 7.10. The minimum atomic E-state index is -0.517. The predicted octanol–water partition coefficient (Wildman–Crippen LogP) is 2.73. The van der Waals surface area contributed by atoms with Crippen molar-refractivity contribution < 1.29 is 14.3 Å². The van der Waals surface area contributed by atoms with Crippen molar-refractivity contribution in [2.24, 2.45) is 0 Å². The lowest BCUT2D eigenvalue weighted by atomic mass is 9.99. The van der Waals surface area contributed by atoms with Crippen molar-refractivity contribution in [3.05, 3.63) is 88.6 Å². The summed E-state index contributed by atoms with van der Waals surface area (Å²) in [4.78, 5) is 42.2. The third-order valence-electron chi connectivity index (χ3n) is 4.51. The molecule has 0 saturated carbocycles. The number of amides is 1. The summed E-state index contributed by atoms with van der Waals surface area (Å²) in [6, 6.07) is 18.6. The molecule has 1 atom stereocenters. The zero-order chi connectivity index (χ0) is 21.3. The molecule has 1 amide bonds. The molecule has 7 heteroatoms. The maximum absolute atomic E-state index is 12.5. The Hall–Kier alpha value is -3.74. The Morgan fingerprint density at radius 1 is 1.07 bits per heavy atom. The molecule has 30 heavy (non-hydrogen) atoms. The molecule has 3 rings (SSSR count). The molecule has 0 spiro atoms. The summed E-state index contributed by atoms with van der Waals surface area (Å²) in [5.74, 6) is -0.918. The van der Waals surface area contributed by atoms with Gasteiger partial charge in [-0.25, -0.2) is 4.98 Å². The number of esters is 1. The molecule has 0 aliphatic carbocycles. The molecular weight excluding hydrogens is 382 g/mol. The zero-order valence-electron chi connectivity index (χ0n) is 16.6. The molecule has 7 nitrogen and oxygen atoms in total. The first-order valence-corrected chi connectivity index (χ1v) is 9.70. The van der Waals surface area contributed by atoms with Crippen LogP contribution in [0.25, 0.3) is 11.1 Å². The molecule has 154 valence electrons. The number of hydrogen-bond donors (Lipinski definition) is 2. The number of carbonyl (C=O) groups excluding carboxylic acids is 2. The van der Waals surface area contributed by atoms with Crippen LogP contribution in [0.2, 0.25) is 0 Å². The SMILES string of the molecule is CCOC(=O)CC(Cc1ccc(-c2ccccc2)cc1)NC(=O)c1cc(=O)[nH]cn1. The first kappa shape index (κ1) is 21.0. The highest BCUT2D eigenvalue weighted by atomic mass is 16.5. The molecular formula is C23H23N3O4. The summed E-state index contributed by atoms with van der Waals surface area (Å²) < 4.78 is 5.03. The van der Waals surface area contributed by atoms with Crippen LogP contribution in [0.1, 0.15) is 29.4 Å². The van der Waals surface area contributed by atoms with Gasteiger partial charge in [0.05, 0.1) is 19.4 Å². The molecule has 0 saturated heterocycles. The number of H-pyrrole nitrogens is 1. The molecule has 0 fully saturated rings. The molecule has 0 aliphatic heterocycles. The number of nitrogens with one attached hydrogen (secondary N) is 2. The molecule has 2 aromatic carbocycles. The molecule has 0 radical (unpaired) electrons. The third kappa shape index (κ3) is 5.88. The highest BCUT2D eigenvalue weighted by molar-refractivity contribution is 5.92. The average Bonchev–Trinajstić information content (AvgIpc) is 2.75. The summed E-state index contributed by atoms with van der Waals surface area (Å²) in [6.45, 7) is 1.99. The normalized spacial score (nSPS) is 11.5. The van der Waals surface area contributed by atoms with E-state index in [1.807, 2.05) is 54.6 Å². The highest BCUT2D eigenvalue weighted by Crippen LogP contribution is 2.20. The van der Waals surface area contributed by atoms with Crippen LogP contribution < -0.4 is 10.9 Å². The van der Waals surface area contributed by atoms with Crippen molar-refractivity contribution in [1.29, 1.82) is 0 Å². The van der Waals surface area contributed by atoms with Crippen LogP contribution in [0.4, 0.5) is 0 Å². The van der Waals surface area contributed by atoms with Gasteiger partial charge in [-0.05, 0) is 30.0 Å². The van der Waals surface area contributed by atoms with E-state index in [0.29, 0.717) is 6.42 Å². The Morgan fingerprint density at radius 3 is 2.43 bits per heavy atom. The van der Waals surface area contributed by atoms with Gasteiger partial charge in [-0.3, -0.25) is 14.4 Å². The lowest BCUT2D eigenvalue weighted by Gasteiger charge is -2.18. The summed E-state index contributed by atoms with van der Waals surface area (Å²) in [7, 11) is 0. The maximum Gasteiger partial charge on any atom is 0.307 e. The second-order valence-electron chi connectivity index (χ2n) is 6.74. The van der Waals surface area contributed by atoms with Gasteiger partial charge in [-0.15, -0.1) is 0 Å². The Bertz CT molecular complexity index is 1050. The second kappa shape index (κ2) is 10.2. The van der Waals surface area contributed by atoms with E-state index in [2.05, 4.69) is 15.3 Å². The van der Waals surface area contributed by atoms with Crippen molar-refractivity contribution in [2.45, 2.75) is 25.8 Å². The first-order chi connectivity index (χ1) is 14.5. The average molecular weight is 405 g/mol. The van der Waals surface area contributed by atoms with Crippen molar-refractivity contribution in [3.63, 3.8) is 0 Å². The number of ether oxygens (including phenoxy) is 1. The third-order valence-corrected chi connectivity index (χ3v) is 4.51. The second-order valence-corrected chi connectivity index (χ2v) is 6.74. The van der Waals surface area contributed by atoms with Crippen molar-refractivity contribution >= 4 is 11.9 Å². The van der Waals surface area contributed by atoms with E-state index in [1.165, 1.54) is 6.33 Å². The topological polar surface area (TPSA) is 101 Å². The smallest absolute Gasteiger partial charge is 0.307 e. The number of aromatic amines is 1. The van der Waals surface area contributed by atoms with E-state index < -0.39 is 23.5 Å². The van der Waals surface area contributed by atoms with Crippen LogP contribution in [0.5, 0.6) is 0 Å². The minimum Gasteiger partial charge on any atom is -0.466 e. The Labute approximate surface area is 174 Å². The van der Waals surface area contributed by atoms with Gasteiger partial charge in [0.25, 0.3) is 11.5 Å². The summed E-state index contributed by atoms with van der Waals surface area (Å²) in [5.41, 5.74) is 2.72. The molecule has 1 aromatic heterocycles. The van der Waals surface area contributed by atoms with Gasteiger partial charge in [-0.1, -0.05) is 54.6 Å². The van der Waals surface area contributed by atoms with Crippen molar-refractivity contribution in [1.82, 2.24) is 15.3 Å². The summed E-state index contributed by atoms with van der Waals surface area (Å²) in [6.07, 6.45) is 1.62. The Balaban J connectivity index is 1.74. The fourth-order valence-electron chi connectivity index (χ4n) is 3.10. The van der Waals surface area contributed by atoms with Crippen molar-refractivity contribution in [3.8, 4) is 11.1 Å². The number of aromatic nitrogens is 2. The van der Waals surface area contributed by atoms with Gasteiger partial charge >= 0.3 is 5.97 Å². The van der Waals surface area contributed by atoms with Crippen molar-refractivity contribution in [2.75, 3.05) is 6.61 Å². The lowest BCUT2D eigenvalue weighted by Crippen LogP contribution is -2.39. The number of benzene rings is 2. The zero-order valence-corrected chi connectivity index (χ0v) is 16.6. The molecule has 1 unspecified atom stereocenters. The molecule has 3 aromatic rings. The molecule has 1 heterocycles. The molecule has 2 N–H and O–H groups in total. The number of nitrogens with zero attached hydrogens (tertiary/aromatic N) is 1. The van der Waals surface area contributed by atoms with Crippen LogP contribution in [-0.2, 0) is 16.0 Å². The van der Waals surface area contributed by atoms with Crippen LogP contribution in [0.15, 0.2) is 71.8 Å². The lowest BCUT2D eigenvalue weighted by molar-refractivity contribution is -0.143. The van der Waals surface area contributed by atoms with Gasteiger partial charge in [-0.2, -0.15) is 0 Å². The quantitative estimate of drug-likeness (QED) is 0.561. The highest BCUT2D eigenvalue weighted by Gasteiger charge is 2.20. The van der Waals surface area contributed by atoms with Crippen LogP contribution >= 0.6 is 0 Å². The molecule has 0 bridgehead atoms. The minimum absolute atomic E-state index is 0.00738. The van der Waals surface area contributed by atoms with Crippen LogP contribution in [-0.4, -0.2) is 34.5 Å². The van der Waals surface area contributed by atoms with E-state index in [-0.39, 0.29) is 18.7 Å². The van der Waals surface area contributed by atoms with E-state index in [9.17, 15) is 14.4 Å². The summed E-state index contributed by atoms with van der Waals surface area (Å²) in [5, 5.41) is 2.79. The van der Waals surface area contributed by atoms with Gasteiger partial charge in [0.1, 0.15) is 5.69 Å². The summed E-state index contributed by atoms with van der Waals surface area (Å²) >= 11 is 0. The fourth-order valence-corrected chi connectivity index (χ4v) is 3.10. The monoisotopic (exact) mass is 405 g/mol. The largest absolute Gasteiger partial charge is 0.466 e. The Morgan fingerprint density at radius 2 is 1.77 bits per heavy atom. The van der Waals surface area contributed by atoms with Crippen LogP contribution in [0, 0.1) is 0 Å². The first-order valence-electron chi connectivity index (χ1n) is 9.70. The van der Waals surface area contributed by atoms with Gasteiger partial charge in [0, 0.05) is 12.1 Å². The number of rotatable bonds is 8. The standard InChI is InChI=1S/C23H23N3O4/c1-2-30-22(28)13-19(26-23(29)20-14-21(27)25-15-24-20)12-16-8-10-18(11-9-16)17-6-4-3-5-7-17/h3-11,14-15,19H,2,12-13H2,1H3,(H,26,29)(H,24,25,27). The van der Waals surface area contributed by atoms with Gasteiger partial charge in [0.15, 0.2) is 0 Å². The van der Waals surface area contributed by atoms with E-state index in [4.69, 9.17) is 4.74 Å². The fraction of sp³-hybridized carbons (Fsp3) is 0.217. The number of carbonyl (C=O) groups is 2. The van der Waals surface area contributed by atoms with E-state index in [0.717, 1.165) is 22.8 Å². The van der Waals surface area contributed by atoms with E-state index >= 15 is 0 Å². The number of hydrogen-bond acceptors (Lipinski definition) is 5. The van der Waals surface area contributed by atoms with Gasteiger partial charge in [0.2, 0.25) is 0 Å². The predicted molar refractivity (Wildman–Crippen MR) is 113 cm³/mol. The molecule has 0 aliphatic rings.